The molecular formula is C26H22F6O5. The molecule has 1 N–H and O–H groups in total. The van der Waals surface area contributed by atoms with Crippen LogP contribution < -0.4 is 4.74 Å². The van der Waals surface area contributed by atoms with E-state index < -0.39 is 53.0 Å². The molecule has 0 radical (unpaired) electrons. The molecule has 198 valence electrons. The van der Waals surface area contributed by atoms with Gasteiger partial charge in [-0.1, -0.05) is 0 Å². The van der Waals surface area contributed by atoms with Gasteiger partial charge in [0.2, 0.25) is 6.29 Å². The molecule has 5 nitrogen and oxygen atoms in total. The summed E-state index contributed by atoms with van der Waals surface area (Å²) in [5.41, 5.74) is -1.36. The monoisotopic (exact) mass is 528 g/mol. The van der Waals surface area contributed by atoms with E-state index >= 15 is 0 Å². The molecule has 3 aromatic rings. The van der Waals surface area contributed by atoms with Gasteiger partial charge < -0.3 is 24.1 Å². The Labute approximate surface area is 208 Å². The van der Waals surface area contributed by atoms with Crippen LogP contribution in [0.4, 0.5) is 26.3 Å². The van der Waals surface area contributed by atoms with Crippen LogP contribution in [0.2, 0.25) is 0 Å². The highest BCUT2D eigenvalue weighted by molar-refractivity contribution is 5.65. The Morgan fingerprint density at radius 3 is 2.05 bits per heavy atom. The van der Waals surface area contributed by atoms with E-state index in [1.54, 1.807) is 0 Å². The Morgan fingerprint density at radius 1 is 0.865 bits per heavy atom. The van der Waals surface area contributed by atoms with E-state index in [9.17, 15) is 31.4 Å². The van der Waals surface area contributed by atoms with Gasteiger partial charge >= 0.3 is 0 Å². The van der Waals surface area contributed by atoms with Gasteiger partial charge in [0, 0.05) is 29.7 Å². The summed E-state index contributed by atoms with van der Waals surface area (Å²) in [7, 11) is 0. The smallest absolute Gasteiger partial charge is 0.230 e. The van der Waals surface area contributed by atoms with Gasteiger partial charge in [-0.25, -0.2) is 26.3 Å². The van der Waals surface area contributed by atoms with Gasteiger partial charge in [-0.2, -0.15) is 0 Å². The van der Waals surface area contributed by atoms with E-state index in [-0.39, 0.29) is 41.6 Å². The van der Waals surface area contributed by atoms with Crippen molar-refractivity contribution in [2.45, 2.75) is 19.5 Å². The lowest BCUT2D eigenvalue weighted by atomic mass is 10.0. The minimum absolute atomic E-state index is 0.0201. The SMILES string of the molecule is CCOCC1COC(c2cc(F)c(C(O)Oc3ccc(-c4cc(F)c(F)c(F)c4)c(F)c3)c(F)c2)OC1. The molecule has 0 bridgehead atoms. The molecule has 3 aromatic carbocycles. The van der Waals surface area contributed by atoms with Crippen LogP contribution in [-0.4, -0.2) is 31.5 Å². The van der Waals surface area contributed by atoms with Crippen molar-refractivity contribution in [2.24, 2.45) is 5.92 Å². The zero-order valence-corrected chi connectivity index (χ0v) is 19.4. The van der Waals surface area contributed by atoms with Crippen molar-refractivity contribution in [1.29, 1.82) is 0 Å². The molecule has 1 heterocycles. The molecule has 0 spiro atoms. The zero-order chi connectivity index (χ0) is 26.7. The molecule has 0 saturated carbocycles. The number of benzene rings is 3. The maximum absolute atomic E-state index is 14.7. The Morgan fingerprint density at radius 2 is 1.49 bits per heavy atom. The number of aliphatic hydroxyl groups is 1. The van der Waals surface area contributed by atoms with Crippen molar-refractivity contribution >= 4 is 0 Å². The van der Waals surface area contributed by atoms with Crippen LogP contribution in [0.1, 0.15) is 30.6 Å². The summed E-state index contributed by atoms with van der Waals surface area (Å²) in [6.45, 7) is 3.34. The fourth-order valence-electron chi connectivity index (χ4n) is 3.79. The summed E-state index contributed by atoms with van der Waals surface area (Å²) in [5.74, 6) is -8.41. The highest BCUT2D eigenvalue weighted by Gasteiger charge is 2.28. The standard InChI is InChI=1S/C26H22F6O5/c1-2-34-10-13-11-35-26(36-12-13)15-7-19(28)23(20(29)8-15)25(33)37-16-3-4-17(18(27)9-16)14-5-21(30)24(32)22(31)6-14/h3-9,13,25-26,33H,2,10-12H2,1H3. The predicted octanol–water partition coefficient (Wildman–Crippen LogP) is 5.96. The lowest BCUT2D eigenvalue weighted by molar-refractivity contribution is -0.212. The second kappa shape index (κ2) is 11.5. The molecule has 11 heteroatoms. The average Bonchev–Trinajstić information content (AvgIpc) is 2.85. The molecular weight excluding hydrogens is 506 g/mol. The van der Waals surface area contributed by atoms with Crippen molar-refractivity contribution in [2.75, 3.05) is 26.4 Å². The van der Waals surface area contributed by atoms with Crippen molar-refractivity contribution in [1.82, 2.24) is 0 Å². The summed E-state index contributed by atoms with van der Waals surface area (Å²) in [6, 6.07) is 5.97. The molecule has 1 aliphatic rings. The van der Waals surface area contributed by atoms with Gasteiger partial charge in [0.15, 0.2) is 23.7 Å². The lowest BCUT2D eigenvalue weighted by Crippen LogP contribution is -2.30. The molecule has 0 aromatic heterocycles. The summed E-state index contributed by atoms with van der Waals surface area (Å²) >= 11 is 0. The Balaban J connectivity index is 1.47. The van der Waals surface area contributed by atoms with Gasteiger partial charge in [0.05, 0.1) is 25.4 Å². The highest BCUT2D eigenvalue weighted by Crippen LogP contribution is 2.33. The summed E-state index contributed by atoms with van der Waals surface area (Å²) in [5, 5.41) is 10.3. The Kier molecular flexibility index (Phi) is 8.38. The lowest BCUT2D eigenvalue weighted by Gasteiger charge is -2.29. The second-order valence-corrected chi connectivity index (χ2v) is 8.29. The van der Waals surface area contributed by atoms with Crippen LogP contribution in [0, 0.1) is 40.8 Å². The molecule has 1 unspecified atom stereocenters. The third-order valence-corrected chi connectivity index (χ3v) is 5.63. The zero-order valence-electron chi connectivity index (χ0n) is 19.4. The third kappa shape index (κ3) is 6.07. The van der Waals surface area contributed by atoms with Crippen molar-refractivity contribution in [3.63, 3.8) is 0 Å². The van der Waals surface area contributed by atoms with Gasteiger partial charge in [0.25, 0.3) is 0 Å². The predicted molar refractivity (Wildman–Crippen MR) is 118 cm³/mol. The molecule has 0 amide bonds. The third-order valence-electron chi connectivity index (χ3n) is 5.63. The molecule has 1 aliphatic heterocycles. The Hall–Kier alpha value is -3.12. The number of ether oxygens (including phenoxy) is 4. The number of hydrogen-bond acceptors (Lipinski definition) is 5. The fourth-order valence-corrected chi connectivity index (χ4v) is 3.79. The second-order valence-electron chi connectivity index (χ2n) is 8.29. The maximum Gasteiger partial charge on any atom is 0.230 e. The average molecular weight is 528 g/mol. The quantitative estimate of drug-likeness (QED) is 0.222. The van der Waals surface area contributed by atoms with Crippen LogP contribution in [-0.2, 0) is 14.2 Å². The number of rotatable bonds is 8. The topological polar surface area (TPSA) is 57.2 Å². The maximum atomic E-state index is 14.7. The van der Waals surface area contributed by atoms with E-state index in [2.05, 4.69) is 0 Å². The first kappa shape index (κ1) is 26.9. The first-order chi connectivity index (χ1) is 17.7. The van der Waals surface area contributed by atoms with Crippen molar-refractivity contribution in [3.8, 4) is 16.9 Å². The number of aliphatic hydroxyl groups excluding tert-OH is 1. The first-order valence-corrected chi connectivity index (χ1v) is 11.3. The summed E-state index contributed by atoms with van der Waals surface area (Å²) in [6.07, 6.45) is -3.18. The Bertz CT molecular complexity index is 1220. The fraction of sp³-hybridized carbons (Fsp3) is 0.308. The van der Waals surface area contributed by atoms with Crippen molar-refractivity contribution in [3.05, 3.63) is 88.5 Å². The normalized spacial score (nSPS) is 18.6. The van der Waals surface area contributed by atoms with Gasteiger partial charge in [-0.3, -0.25) is 0 Å². The van der Waals surface area contributed by atoms with Gasteiger partial charge in [0.1, 0.15) is 23.2 Å². The van der Waals surface area contributed by atoms with Crippen molar-refractivity contribution < 1.29 is 50.4 Å². The highest BCUT2D eigenvalue weighted by atomic mass is 19.2. The van der Waals surface area contributed by atoms with E-state index in [1.165, 1.54) is 0 Å². The van der Waals surface area contributed by atoms with E-state index in [4.69, 9.17) is 18.9 Å². The van der Waals surface area contributed by atoms with Crippen LogP contribution in [0.15, 0.2) is 42.5 Å². The number of halogens is 6. The molecule has 1 atom stereocenters. The molecule has 0 aliphatic carbocycles. The van der Waals surface area contributed by atoms with Gasteiger partial charge in [-0.15, -0.1) is 0 Å². The van der Waals surface area contributed by atoms with E-state index in [0.717, 1.165) is 30.3 Å². The summed E-state index contributed by atoms with van der Waals surface area (Å²) in [4.78, 5) is 0. The van der Waals surface area contributed by atoms with Crippen LogP contribution in [0.5, 0.6) is 5.75 Å². The first-order valence-electron chi connectivity index (χ1n) is 11.3. The molecule has 1 saturated heterocycles. The van der Waals surface area contributed by atoms with E-state index in [0.29, 0.717) is 25.3 Å². The van der Waals surface area contributed by atoms with Crippen LogP contribution in [0.3, 0.4) is 0 Å². The van der Waals surface area contributed by atoms with E-state index in [1.807, 2.05) is 6.92 Å². The van der Waals surface area contributed by atoms with Gasteiger partial charge in [-0.05, 0) is 48.9 Å². The van der Waals surface area contributed by atoms with Crippen LogP contribution >= 0.6 is 0 Å². The molecule has 37 heavy (non-hydrogen) atoms. The molecule has 4 rings (SSSR count). The summed E-state index contributed by atoms with van der Waals surface area (Å²) < 4.78 is 106. The van der Waals surface area contributed by atoms with Crippen LogP contribution in [0.25, 0.3) is 11.1 Å². The largest absolute Gasteiger partial charge is 0.460 e. The minimum atomic E-state index is -2.16. The number of hydrogen-bond donors (Lipinski definition) is 1. The minimum Gasteiger partial charge on any atom is -0.460 e. The molecule has 1 fully saturated rings.